The molecule has 0 aliphatic carbocycles. The molecule has 0 radical (unpaired) electrons. The molecular formula is C20H25ClN4O. The van der Waals surface area contributed by atoms with Gasteiger partial charge in [0.05, 0.1) is 11.3 Å². The van der Waals surface area contributed by atoms with Crippen LogP contribution in [-0.4, -0.2) is 23.2 Å². The average molecular weight is 373 g/mol. The van der Waals surface area contributed by atoms with Crippen molar-refractivity contribution in [1.82, 2.24) is 15.5 Å². The van der Waals surface area contributed by atoms with E-state index in [2.05, 4.69) is 59.7 Å². The highest BCUT2D eigenvalue weighted by Crippen LogP contribution is 2.31. The minimum absolute atomic E-state index is 0. The molecule has 0 aliphatic heterocycles. The van der Waals surface area contributed by atoms with E-state index in [-0.39, 0.29) is 12.4 Å². The number of aryl methyl sites for hydroxylation is 1. The number of anilines is 2. The minimum Gasteiger partial charge on any atom is -0.355 e. The second-order valence-corrected chi connectivity index (χ2v) is 6.33. The van der Waals surface area contributed by atoms with Gasteiger partial charge in [0, 0.05) is 18.2 Å². The first-order valence-electron chi connectivity index (χ1n) is 8.51. The zero-order valence-electron chi connectivity index (χ0n) is 15.5. The summed E-state index contributed by atoms with van der Waals surface area (Å²) in [6.07, 6.45) is 0.729. The quantitative estimate of drug-likeness (QED) is 0.658. The monoisotopic (exact) mass is 372 g/mol. The van der Waals surface area contributed by atoms with Gasteiger partial charge >= 0.3 is 0 Å². The molecule has 0 aliphatic rings. The van der Waals surface area contributed by atoms with E-state index < -0.39 is 0 Å². The van der Waals surface area contributed by atoms with Crippen LogP contribution in [0.5, 0.6) is 0 Å². The number of hydrogen-bond donors (Lipinski definition) is 2. The zero-order chi connectivity index (χ0) is 17.8. The lowest BCUT2D eigenvalue weighted by Crippen LogP contribution is -2.24. The van der Waals surface area contributed by atoms with Gasteiger partial charge in [-0.1, -0.05) is 29.4 Å². The van der Waals surface area contributed by atoms with Gasteiger partial charge in [0.1, 0.15) is 0 Å². The lowest BCUT2D eigenvalue weighted by Gasteiger charge is -2.13. The predicted octanol–water partition coefficient (Wildman–Crippen LogP) is 4.67. The van der Waals surface area contributed by atoms with Gasteiger partial charge in [-0.05, 0) is 57.1 Å². The Labute approximate surface area is 160 Å². The van der Waals surface area contributed by atoms with E-state index in [4.69, 9.17) is 4.52 Å². The molecule has 138 valence electrons. The van der Waals surface area contributed by atoms with Gasteiger partial charge in [0.15, 0.2) is 5.82 Å². The Morgan fingerprint density at radius 3 is 2.54 bits per heavy atom. The number of halogens is 1. The summed E-state index contributed by atoms with van der Waals surface area (Å²) in [4.78, 5) is 4.55. The first-order chi connectivity index (χ1) is 12.1. The Bertz CT molecular complexity index is 863. The summed E-state index contributed by atoms with van der Waals surface area (Å²) in [5, 5.41) is 10.8. The molecule has 1 atom stereocenters. The van der Waals surface area contributed by atoms with Crippen LogP contribution in [0.3, 0.4) is 0 Å². The van der Waals surface area contributed by atoms with Gasteiger partial charge < -0.3 is 15.2 Å². The van der Waals surface area contributed by atoms with Crippen molar-refractivity contribution in [3.05, 3.63) is 59.4 Å². The molecule has 26 heavy (non-hydrogen) atoms. The second kappa shape index (κ2) is 8.83. The third-order valence-electron chi connectivity index (χ3n) is 4.48. The van der Waals surface area contributed by atoms with Gasteiger partial charge in [0.2, 0.25) is 0 Å². The van der Waals surface area contributed by atoms with Crippen LogP contribution in [0.2, 0.25) is 0 Å². The Hall–Kier alpha value is -2.37. The van der Waals surface area contributed by atoms with Gasteiger partial charge in [-0.3, -0.25) is 0 Å². The Morgan fingerprint density at radius 2 is 1.77 bits per heavy atom. The normalized spacial score (nSPS) is 11.7. The molecule has 1 unspecified atom stereocenters. The van der Waals surface area contributed by atoms with Crippen molar-refractivity contribution in [2.45, 2.75) is 33.2 Å². The van der Waals surface area contributed by atoms with Crippen molar-refractivity contribution >= 4 is 23.8 Å². The molecule has 0 saturated heterocycles. The molecule has 6 heteroatoms. The maximum atomic E-state index is 5.50. The molecule has 0 amide bonds. The van der Waals surface area contributed by atoms with Crippen molar-refractivity contribution < 1.29 is 4.52 Å². The molecular weight excluding hydrogens is 348 g/mol. The molecule has 5 nitrogen and oxygen atoms in total. The summed E-state index contributed by atoms with van der Waals surface area (Å²) in [6, 6.07) is 14.5. The molecule has 2 N–H and O–H groups in total. The highest BCUT2D eigenvalue weighted by molar-refractivity contribution is 5.85. The van der Waals surface area contributed by atoms with Gasteiger partial charge in [0.25, 0.3) is 5.89 Å². The number of rotatable bonds is 6. The molecule has 3 rings (SSSR count). The van der Waals surface area contributed by atoms with Crippen molar-refractivity contribution in [3.8, 4) is 11.5 Å². The van der Waals surface area contributed by atoms with Crippen molar-refractivity contribution in [1.29, 1.82) is 0 Å². The lowest BCUT2D eigenvalue weighted by molar-refractivity contribution is 0.418. The molecule has 1 heterocycles. The van der Waals surface area contributed by atoms with E-state index in [0.717, 1.165) is 23.4 Å². The first kappa shape index (κ1) is 19.9. The van der Waals surface area contributed by atoms with Crippen molar-refractivity contribution in [3.63, 3.8) is 0 Å². The van der Waals surface area contributed by atoms with E-state index in [0.29, 0.717) is 17.8 Å². The van der Waals surface area contributed by atoms with Crippen molar-refractivity contribution in [2.75, 3.05) is 12.4 Å². The lowest BCUT2D eigenvalue weighted by atomic mass is 10.1. The number of para-hydroxylation sites is 1. The van der Waals surface area contributed by atoms with E-state index in [1.807, 2.05) is 31.3 Å². The average Bonchev–Trinajstić information content (AvgIpc) is 3.07. The maximum absolute atomic E-state index is 5.50. The van der Waals surface area contributed by atoms with E-state index >= 15 is 0 Å². The number of nitrogens with zero attached hydrogens (tertiary/aromatic N) is 2. The van der Waals surface area contributed by atoms with Gasteiger partial charge in [-0.15, -0.1) is 12.4 Å². The molecule has 3 aromatic rings. The number of likely N-dealkylation sites (N-methyl/N-ethyl adjacent to an activating group) is 1. The Balaban J connectivity index is 0.00000243. The van der Waals surface area contributed by atoms with Gasteiger partial charge in [-0.2, -0.15) is 4.98 Å². The van der Waals surface area contributed by atoms with Crippen LogP contribution < -0.4 is 10.6 Å². The van der Waals surface area contributed by atoms with Gasteiger partial charge in [-0.25, -0.2) is 0 Å². The fourth-order valence-electron chi connectivity index (χ4n) is 2.63. The van der Waals surface area contributed by atoms with E-state index in [1.165, 1.54) is 11.1 Å². The highest BCUT2D eigenvalue weighted by Gasteiger charge is 2.15. The summed E-state index contributed by atoms with van der Waals surface area (Å²) >= 11 is 0. The molecule has 0 saturated carbocycles. The largest absolute Gasteiger partial charge is 0.355 e. The second-order valence-electron chi connectivity index (χ2n) is 6.33. The van der Waals surface area contributed by atoms with Crippen LogP contribution in [0, 0.1) is 13.8 Å². The smallest absolute Gasteiger partial charge is 0.260 e. The predicted molar refractivity (Wildman–Crippen MR) is 108 cm³/mol. The number of aromatic nitrogens is 2. The fourth-order valence-corrected chi connectivity index (χ4v) is 2.63. The fraction of sp³-hybridized carbons (Fsp3) is 0.300. The van der Waals surface area contributed by atoms with Crippen LogP contribution in [-0.2, 0) is 6.42 Å². The standard InChI is InChI=1S/C20H24N4O.ClH/c1-13-8-7-11-17(15(13)3)22-18-10-6-5-9-16(18)20-23-19(24-25-20)12-14(2)21-4;/h5-11,14,21-22H,12H2,1-4H3;1H. The summed E-state index contributed by atoms with van der Waals surface area (Å²) in [6.45, 7) is 6.32. The maximum Gasteiger partial charge on any atom is 0.260 e. The van der Waals surface area contributed by atoms with Crippen LogP contribution in [0.15, 0.2) is 47.0 Å². The number of hydrogen-bond acceptors (Lipinski definition) is 5. The molecule has 2 aromatic carbocycles. The summed E-state index contributed by atoms with van der Waals surface area (Å²) < 4.78 is 5.50. The van der Waals surface area contributed by atoms with Crippen molar-refractivity contribution in [2.24, 2.45) is 0 Å². The molecule has 1 aromatic heterocycles. The molecule has 0 bridgehead atoms. The Kier molecular flexibility index (Phi) is 6.77. The summed E-state index contributed by atoms with van der Waals surface area (Å²) in [5.74, 6) is 1.24. The Morgan fingerprint density at radius 1 is 1.04 bits per heavy atom. The number of nitrogens with one attached hydrogen (secondary N) is 2. The molecule has 0 fully saturated rings. The number of benzene rings is 2. The van der Waals surface area contributed by atoms with Crippen LogP contribution in [0.4, 0.5) is 11.4 Å². The third kappa shape index (κ3) is 4.42. The minimum atomic E-state index is 0. The highest BCUT2D eigenvalue weighted by atomic mass is 35.5. The van der Waals surface area contributed by atoms with E-state index in [1.54, 1.807) is 0 Å². The summed E-state index contributed by atoms with van der Waals surface area (Å²) in [7, 11) is 1.93. The third-order valence-corrected chi connectivity index (χ3v) is 4.48. The zero-order valence-corrected chi connectivity index (χ0v) is 16.4. The van der Waals surface area contributed by atoms with E-state index in [9.17, 15) is 0 Å². The first-order valence-corrected chi connectivity index (χ1v) is 8.51. The van der Waals surface area contributed by atoms with Crippen LogP contribution in [0.25, 0.3) is 11.5 Å². The van der Waals surface area contributed by atoms with Crippen LogP contribution in [0.1, 0.15) is 23.9 Å². The topological polar surface area (TPSA) is 63.0 Å². The SMILES string of the molecule is CNC(C)Cc1noc(-c2ccccc2Nc2cccc(C)c2C)n1.Cl. The summed E-state index contributed by atoms with van der Waals surface area (Å²) in [5.41, 5.74) is 5.42. The van der Waals surface area contributed by atoms with Crippen LogP contribution >= 0.6 is 12.4 Å². The molecule has 0 spiro atoms.